The lowest BCUT2D eigenvalue weighted by Crippen LogP contribution is -2.20. The van der Waals surface area contributed by atoms with Gasteiger partial charge in [0, 0.05) is 22.9 Å². The molecule has 0 saturated heterocycles. The molecule has 0 unspecified atom stereocenters. The lowest BCUT2D eigenvalue weighted by molar-refractivity contribution is -0.118. The average molecular weight is 455 g/mol. The average Bonchev–Trinajstić information content (AvgIpc) is 3.28. The lowest BCUT2D eigenvalue weighted by atomic mass is 10.1. The van der Waals surface area contributed by atoms with Gasteiger partial charge in [0.1, 0.15) is 5.56 Å². The molecule has 0 atom stereocenters. The highest BCUT2D eigenvalue weighted by Gasteiger charge is 2.16. The van der Waals surface area contributed by atoms with E-state index in [1.807, 2.05) is 81.4 Å². The summed E-state index contributed by atoms with van der Waals surface area (Å²) in [5, 5.41) is 11.4. The van der Waals surface area contributed by atoms with E-state index in [4.69, 9.17) is 0 Å². The molecular weight excluding hydrogens is 428 g/mol. The number of hydrogen-bond acceptors (Lipinski definition) is 5. The van der Waals surface area contributed by atoms with Crippen molar-refractivity contribution in [2.24, 2.45) is 11.0 Å². The van der Waals surface area contributed by atoms with Crippen LogP contribution in [-0.2, 0) is 4.79 Å². The summed E-state index contributed by atoms with van der Waals surface area (Å²) in [7, 11) is 0. The minimum absolute atomic E-state index is 0.0641. The molecular formula is C26H26N6O2. The van der Waals surface area contributed by atoms with Crippen molar-refractivity contribution >= 4 is 28.9 Å². The molecule has 2 amide bonds. The zero-order valence-electron chi connectivity index (χ0n) is 19.5. The summed E-state index contributed by atoms with van der Waals surface area (Å²) >= 11 is 0. The van der Waals surface area contributed by atoms with Gasteiger partial charge in [0.2, 0.25) is 5.91 Å². The summed E-state index contributed by atoms with van der Waals surface area (Å²) in [6, 6.07) is 19.0. The normalized spacial score (nSPS) is 11.6. The Morgan fingerprint density at radius 2 is 1.79 bits per heavy atom. The third-order valence-corrected chi connectivity index (χ3v) is 5.36. The van der Waals surface area contributed by atoms with Crippen molar-refractivity contribution in [3.63, 3.8) is 0 Å². The molecule has 2 aromatic carbocycles. The molecule has 0 aliphatic heterocycles. The van der Waals surface area contributed by atoms with Crippen LogP contribution in [0.4, 0.5) is 5.69 Å². The third-order valence-electron chi connectivity index (χ3n) is 5.36. The van der Waals surface area contributed by atoms with Crippen molar-refractivity contribution < 1.29 is 9.59 Å². The third kappa shape index (κ3) is 4.85. The van der Waals surface area contributed by atoms with Crippen LogP contribution in [0.2, 0.25) is 0 Å². The number of amides is 2. The first-order chi connectivity index (χ1) is 16.3. The maximum Gasteiger partial charge on any atom is 0.276 e. The van der Waals surface area contributed by atoms with Crippen molar-refractivity contribution in [1.82, 2.24) is 20.0 Å². The number of fused-ring (bicyclic) bond motifs is 1. The molecule has 0 radical (unpaired) electrons. The zero-order valence-corrected chi connectivity index (χ0v) is 19.5. The Balaban J connectivity index is 1.57. The second-order valence-corrected chi connectivity index (χ2v) is 8.31. The highest BCUT2D eigenvalue weighted by atomic mass is 16.2. The minimum atomic E-state index is -0.407. The lowest BCUT2D eigenvalue weighted by Gasteiger charge is -2.09. The second-order valence-electron chi connectivity index (χ2n) is 8.31. The van der Waals surface area contributed by atoms with Crippen LogP contribution in [0, 0.1) is 12.8 Å². The highest BCUT2D eigenvalue weighted by molar-refractivity contribution is 6.03. The van der Waals surface area contributed by atoms with E-state index in [0.717, 1.165) is 22.5 Å². The van der Waals surface area contributed by atoms with Crippen LogP contribution >= 0.6 is 0 Å². The summed E-state index contributed by atoms with van der Waals surface area (Å²) in [6.07, 6.45) is 1.49. The summed E-state index contributed by atoms with van der Waals surface area (Å²) < 4.78 is 1.64. The molecule has 0 bridgehead atoms. The monoisotopic (exact) mass is 454 g/mol. The first-order valence-electron chi connectivity index (χ1n) is 11.0. The number of carbonyl (C=O) groups is 2. The Morgan fingerprint density at radius 3 is 2.53 bits per heavy atom. The largest absolute Gasteiger partial charge is 0.326 e. The molecule has 172 valence electrons. The molecule has 2 heterocycles. The molecule has 0 fully saturated rings. The predicted octanol–water partition coefficient (Wildman–Crippen LogP) is 4.45. The molecule has 8 heteroatoms. The van der Waals surface area contributed by atoms with E-state index in [1.54, 1.807) is 11.4 Å². The first-order valence-corrected chi connectivity index (χ1v) is 11.0. The van der Waals surface area contributed by atoms with Gasteiger partial charge in [0.25, 0.3) is 5.91 Å². The number of hydrogen-bond donors (Lipinski definition) is 2. The van der Waals surface area contributed by atoms with Gasteiger partial charge in [-0.3, -0.25) is 9.59 Å². The summed E-state index contributed by atoms with van der Waals surface area (Å²) in [5.41, 5.74) is 8.03. The SMILES string of the molecule is C/C(=N/NC(=O)c1cnn2c(C)cc(-c3ccccc3)nc12)c1cccc(NC(=O)C(C)C)c1. The quantitative estimate of drug-likeness (QED) is 0.332. The summed E-state index contributed by atoms with van der Waals surface area (Å²) in [4.78, 5) is 29.6. The Hall–Kier alpha value is -4.33. The van der Waals surface area contributed by atoms with E-state index in [-0.39, 0.29) is 11.8 Å². The van der Waals surface area contributed by atoms with Crippen LogP contribution in [0.3, 0.4) is 0 Å². The van der Waals surface area contributed by atoms with E-state index < -0.39 is 5.91 Å². The minimum Gasteiger partial charge on any atom is -0.326 e. The van der Waals surface area contributed by atoms with E-state index in [1.165, 1.54) is 6.20 Å². The first kappa shape index (κ1) is 22.8. The van der Waals surface area contributed by atoms with Gasteiger partial charge >= 0.3 is 0 Å². The van der Waals surface area contributed by atoms with Gasteiger partial charge in [-0.25, -0.2) is 14.9 Å². The van der Waals surface area contributed by atoms with E-state index >= 15 is 0 Å². The number of carbonyl (C=O) groups excluding carboxylic acids is 2. The van der Waals surface area contributed by atoms with Crippen LogP contribution < -0.4 is 10.7 Å². The molecule has 4 aromatic rings. The molecule has 0 spiro atoms. The van der Waals surface area contributed by atoms with Gasteiger partial charge in [-0.15, -0.1) is 0 Å². The number of hydrazone groups is 1. The van der Waals surface area contributed by atoms with Crippen molar-refractivity contribution in [3.05, 3.63) is 83.7 Å². The predicted molar refractivity (Wildman–Crippen MR) is 133 cm³/mol. The number of nitrogens with one attached hydrogen (secondary N) is 2. The standard InChI is InChI=1S/C26H26N6O2/c1-16(2)25(33)28-21-12-8-11-20(14-21)18(4)30-31-26(34)22-15-27-32-17(3)13-23(29-24(22)32)19-9-6-5-7-10-19/h5-16H,1-4H3,(H,28,33)(H,31,34)/b30-18-. The van der Waals surface area contributed by atoms with Gasteiger partial charge in [0.05, 0.1) is 17.6 Å². The fraction of sp³-hybridized carbons (Fsp3) is 0.192. The summed E-state index contributed by atoms with van der Waals surface area (Å²) in [5.74, 6) is -0.593. The van der Waals surface area contributed by atoms with Crippen LogP contribution in [0.25, 0.3) is 16.9 Å². The number of rotatable bonds is 6. The van der Waals surface area contributed by atoms with Crippen LogP contribution in [-0.4, -0.2) is 32.1 Å². The molecule has 0 aliphatic carbocycles. The smallest absolute Gasteiger partial charge is 0.276 e. The highest BCUT2D eigenvalue weighted by Crippen LogP contribution is 2.21. The van der Waals surface area contributed by atoms with E-state index in [2.05, 4.69) is 25.9 Å². The van der Waals surface area contributed by atoms with Gasteiger partial charge in [-0.2, -0.15) is 10.2 Å². The van der Waals surface area contributed by atoms with E-state index in [9.17, 15) is 9.59 Å². The number of anilines is 1. The molecule has 4 rings (SSSR count). The number of benzene rings is 2. The zero-order chi connectivity index (χ0) is 24.2. The van der Waals surface area contributed by atoms with Crippen molar-refractivity contribution in [2.45, 2.75) is 27.7 Å². The topological polar surface area (TPSA) is 101 Å². The molecule has 0 aliphatic rings. The summed E-state index contributed by atoms with van der Waals surface area (Å²) in [6.45, 7) is 7.38. The maximum atomic E-state index is 12.9. The Bertz CT molecular complexity index is 1390. The fourth-order valence-corrected chi connectivity index (χ4v) is 3.40. The van der Waals surface area contributed by atoms with Crippen LogP contribution in [0.5, 0.6) is 0 Å². The Kier molecular flexibility index (Phi) is 6.49. The number of aromatic nitrogens is 3. The number of nitrogens with zero attached hydrogens (tertiary/aromatic N) is 4. The van der Waals surface area contributed by atoms with Crippen LogP contribution in [0.15, 0.2) is 72.0 Å². The van der Waals surface area contributed by atoms with Gasteiger partial charge in [-0.05, 0) is 37.6 Å². The maximum absolute atomic E-state index is 12.9. The van der Waals surface area contributed by atoms with Gasteiger partial charge in [0.15, 0.2) is 5.65 Å². The Morgan fingerprint density at radius 1 is 1.03 bits per heavy atom. The molecule has 0 saturated carbocycles. The molecule has 8 nitrogen and oxygen atoms in total. The second kappa shape index (κ2) is 9.66. The molecule has 2 aromatic heterocycles. The Labute approximate surface area is 197 Å². The van der Waals surface area contributed by atoms with Crippen molar-refractivity contribution in [2.75, 3.05) is 5.32 Å². The van der Waals surface area contributed by atoms with Gasteiger partial charge in [-0.1, -0.05) is 56.3 Å². The van der Waals surface area contributed by atoms with Crippen molar-refractivity contribution in [3.8, 4) is 11.3 Å². The van der Waals surface area contributed by atoms with E-state index in [0.29, 0.717) is 22.6 Å². The number of aryl methyl sites for hydroxylation is 1. The van der Waals surface area contributed by atoms with Crippen molar-refractivity contribution in [1.29, 1.82) is 0 Å². The fourth-order valence-electron chi connectivity index (χ4n) is 3.40. The molecule has 34 heavy (non-hydrogen) atoms. The van der Waals surface area contributed by atoms with Gasteiger partial charge < -0.3 is 5.32 Å². The van der Waals surface area contributed by atoms with Crippen LogP contribution in [0.1, 0.15) is 42.4 Å². The molecule has 2 N–H and O–H groups in total.